The van der Waals surface area contributed by atoms with Crippen molar-refractivity contribution in [3.8, 4) is 0 Å². The Kier molecular flexibility index (Phi) is 2.53. The highest BCUT2D eigenvalue weighted by atomic mass is 35.6. The van der Waals surface area contributed by atoms with E-state index < -0.39 is 15.4 Å². The van der Waals surface area contributed by atoms with E-state index in [2.05, 4.69) is 4.98 Å². The van der Waals surface area contributed by atoms with Gasteiger partial charge in [0.25, 0.3) is 3.79 Å². The van der Waals surface area contributed by atoms with Crippen molar-refractivity contribution in [3.05, 3.63) is 29.8 Å². The van der Waals surface area contributed by atoms with Crippen LogP contribution < -0.4 is 0 Å². The van der Waals surface area contributed by atoms with Gasteiger partial charge in [-0.05, 0) is 12.1 Å². The molecule has 1 aromatic heterocycles. The Morgan fingerprint density at radius 3 is 2.47 bits per heavy atom. The van der Waals surface area contributed by atoms with Gasteiger partial charge in [0.2, 0.25) is 0 Å². The second kappa shape index (κ2) is 3.47. The summed E-state index contributed by atoms with van der Waals surface area (Å²) < 4.78 is 24.7. The van der Waals surface area contributed by atoms with E-state index >= 15 is 0 Å². The maximum Gasteiger partial charge on any atom is 0.250 e. The Morgan fingerprint density at radius 2 is 1.93 bits per heavy atom. The molecule has 0 bridgehead atoms. The van der Waals surface area contributed by atoms with Crippen molar-refractivity contribution in [1.29, 1.82) is 0 Å². The number of rotatable bonds is 0. The quantitative estimate of drug-likeness (QED) is 0.668. The number of alkyl halides is 3. The average molecular weight is 271 g/mol. The van der Waals surface area contributed by atoms with Crippen LogP contribution in [0.2, 0.25) is 0 Å². The molecule has 0 amide bonds. The van der Waals surface area contributed by atoms with Crippen LogP contribution in [0.25, 0.3) is 11.0 Å². The minimum atomic E-state index is -2.03. The van der Waals surface area contributed by atoms with E-state index in [1.165, 1.54) is 12.1 Å². The molecule has 7 heteroatoms. The highest BCUT2D eigenvalue weighted by Crippen LogP contribution is 2.39. The zero-order chi connectivity index (χ0) is 11.2. The van der Waals surface area contributed by atoms with E-state index in [9.17, 15) is 8.87 Å². The lowest BCUT2D eigenvalue weighted by atomic mass is 10.3. The lowest BCUT2D eigenvalue weighted by Crippen LogP contribution is -2.06. The van der Waals surface area contributed by atoms with Crippen LogP contribution in [0, 0.1) is 5.82 Å². The summed E-state index contributed by atoms with van der Waals surface area (Å²) in [4.78, 5) is 3.66. The second-order valence-corrected chi connectivity index (χ2v) is 5.10. The number of imidazole rings is 1. The molecule has 0 saturated carbocycles. The Hall–Kier alpha value is -0.580. The summed E-state index contributed by atoms with van der Waals surface area (Å²) in [5, 5.41) is 0. The van der Waals surface area contributed by atoms with Gasteiger partial charge < -0.3 is 0 Å². The monoisotopic (exact) mass is 270 g/mol. The van der Waals surface area contributed by atoms with Crippen molar-refractivity contribution in [1.82, 2.24) is 9.77 Å². The normalized spacial score (nSPS) is 12.3. The molecule has 0 N–H and O–H groups in total. The fourth-order valence-corrected chi connectivity index (χ4v) is 1.56. The number of hydrogen-bond acceptors (Lipinski definition) is 1. The maximum atomic E-state index is 13.5. The molecule has 80 valence electrons. The third-order valence-corrected chi connectivity index (χ3v) is 2.34. The molecule has 2 nitrogen and oxygen atoms in total. The standard InChI is InChI=1S/C8H3Cl3F2N2/c9-8(10,11)7-14-6-4(12)2-1-3-5(6)15(7)13/h1-3H. The average Bonchev–Trinajstić information content (AvgIpc) is 2.45. The van der Waals surface area contributed by atoms with E-state index in [0.717, 1.165) is 6.07 Å². The summed E-state index contributed by atoms with van der Waals surface area (Å²) in [6.07, 6.45) is 0. The Morgan fingerprint density at radius 1 is 1.27 bits per heavy atom. The third-order valence-electron chi connectivity index (χ3n) is 1.83. The van der Waals surface area contributed by atoms with E-state index in [1.54, 1.807) is 0 Å². The van der Waals surface area contributed by atoms with Gasteiger partial charge in [0.15, 0.2) is 11.6 Å². The van der Waals surface area contributed by atoms with Crippen molar-refractivity contribution in [2.75, 3.05) is 0 Å². The predicted molar refractivity (Wildman–Crippen MR) is 55.4 cm³/mol. The Bertz CT molecular complexity index is 518. The highest BCUT2D eigenvalue weighted by molar-refractivity contribution is 6.66. The minimum absolute atomic E-state index is 0.0609. The number of para-hydroxylation sites is 1. The van der Waals surface area contributed by atoms with E-state index in [1.807, 2.05) is 0 Å². The van der Waals surface area contributed by atoms with Gasteiger partial charge in [0.1, 0.15) is 11.0 Å². The Balaban J connectivity index is 2.81. The van der Waals surface area contributed by atoms with Crippen LogP contribution >= 0.6 is 34.8 Å². The number of halogens is 5. The molecule has 0 unspecified atom stereocenters. The van der Waals surface area contributed by atoms with Crippen LogP contribution in [0.5, 0.6) is 0 Å². The van der Waals surface area contributed by atoms with Gasteiger partial charge in [-0.25, -0.2) is 9.37 Å². The summed E-state index contributed by atoms with van der Waals surface area (Å²) >= 11 is 16.4. The van der Waals surface area contributed by atoms with Gasteiger partial charge in [-0.2, -0.15) is 4.79 Å². The van der Waals surface area contributed by atoms with Crippen molar-refractivity contribution >= 4 is 45.8 Å². The van der Waals surface area contributed by atoms with Crippen LogP contribution in [-0.2, 0) is 3.79 Å². The number of benzene rings is 1. The van der Waals surface area contributed by atoms with E-state index in [0.29, 0.717) is 0 Å². The molecule has 15 heavy (non-hydrogen) atoms. The van der Waals surface area contributed by atoms with Crippen molar-refractivity contribution in [2.24, 2.45) is 0 Å². The topological polar surface area (TPSA) is 17.8 Å². The highest BCUT2D eigenvalue weighted by Gasteiger charge is 2.31. The lowest BCUT2D eigenvalue weighted by molar-refractivity contribution is 0.368. The molecule has 0 fully saturated rings. The zero-order valence-electron chi connectivity index (χ0n) is 7.02. The van der Waals surface area contributed by atoms with Gasteiger partial charge >= 0.3 is 0 Å². The molecule has 1 heterocycles. The van der Waals surface area contributed by atoms with Gasteiger partial charge in [0, 0.05) is 0 Å². The first-order valence-corrected chi connectivity index (χ1v) is 4.95. The number of nitrogens with zero attached hydrogens (tertiary/aromatic N) is 2. The molecule has 0 radical (unpaired) electrons. The fourth-order valence-electron chi connectivity index (χ4n) is 1.21. The van der Waals surface area contributed by atoms with Gasteiger partial charge in [-0.3, -0.25) is 0 Å². The molecular formula is C8H3Cl3F2N2. The van der Waals surface area contributed by atoms with Crippen LogP contribution in [0.1, 0.15) is 5.82 Å². The molecule has 0 aliphatic rings. The molecule has 0 aliphatic heterocycles. The largest absolute Gasteiger partial charge is 0.250 e. The number of fused-ring (bicyclic) bond motifs is 1. The van der Waals surface area contributed by atoms with Crippen LogP contribution in [0.15, 0.2) is 18.2 Å². The molecule has 0 atom stereocenters. The predicted octanol–water partition coefficient (Wildman–Crippen LogP) is 3.73. The summed E-state index contributed by atoms with van der Waals surface area (Å²) in [5.41, 5.74) is -0.238. The summed E-state index contributed by atoms with van der Waals surface area (Å²) in [7, 11) is 0. The van der Waals surface area contributed by atoms with Crippen molar-refractivity contribution in [3.63, 3.8) is 0 Å². The molecule has 1 aromatic carbocycles. The maximum absolute atomic E-state index is 13.5. The molecule has 0 saturated heterocycles. The minimum Gasteiger partial charge on any atom is -0.223 e. The van der Waals surface area contributed by atoms with Crippen molar-refractivity contribution < 1.29 is 8.87 Å². The van der Waals surface area contributed by atoms with Gasteiger partial charge in [-0.15, -0.1) is 0 Å². The molecule has 0 aliphatic carbocycles. The van der Waals surface area contributed by atoms with E-state index in [-0.39, 0.29) is 15.8 Å². The summed E-state index contributed by atoms with van der Waals surface area (Å²) in [6.45, 7) is 0. The summed E-state index contributed by atoms with van der Waals surface area (Å²) in [6, 6.07) is 3.83. The number of aromatic nitrogens is 2. The SMILES string of the molecule is Fc1cccc2c1nc(C(Cl)(Cl)Cl)n2F. The third kappa shape index (κ3) is 1.77. The van der Waals surface area contributed by atoms with Gasteiger partial charge in [0.05, 0.1) is 0 Å². The van der Waals surface area contributed by atoms with Crippen molar-refractivity contribution in [2.45, 2.75) is 3.79 Å². The molecule has 2 aromatic rings. The first-order valence-electron chi connectivity index (χ1n) is 3.81. The molecule has 0 spiro atoms. The Labute approximate surface area is 98.3 Å². The first kappa shape index (κ1) is 10.9. The van der Waals surface area contributed by atoms with Crippen LogP contribution in [0.3, 0.4) is 0 Å². The summed E-state index contributed by atoms with van der Waals surface area (Å²) in [5.74, 6) is -1.13. The number of hydrogen-bond donors (Lipinski definition) is 0. The zero-order valence-corrected chi connectivity index (χ0v) is 9.28. The fraction of sp³-hybridized carbons (Fsp3) is 0.125. The first-order chi connectivity index (χ1) is 6.91. The lowest BCUT2D eigenvalue weighted by Gasteiger charge is -2.06. The van der Waals surface area contributed by atoms with E-state index in [4.69, 9.17) is 34.8 Å². The molecule has 2 rings (SSSR count). The van der Waals surface area contributed by atoms with Crippen LogP contribution in [0.4, 0.5) is 8.87 Å². The molecular weight excluding hydrogens is 268 g/mol. The smallest absolute Gasteiger partial charge is 0.223 e. The van der Waals surface area contributed by atoms with Crippen LogP contribution in [-0.4, -0.2) is 9.77 Å². The van der Waals surface area contributed by atoms with Gasteiger partial charge in [-0.1, -0.05) is 45.4 Å². The second-order valence-electron chi connectivity index (χ2n) is 2.82.